The molecule has 0 spiro atoms. The van der Waals surface area contributed by atoms with Crippen LogP contribution in [0.1, 0.15) is 10.4 Å². The molecule has 5 nitrogen and oxygen atoms in total. The SMILES string of the molecule is Cc1ccccc1-c1nnc(SCC(=O)NCc2cccs2)n1C. The van der Waals surface area contributed by atoms with Crippen LogP contribution in [0.15, 0.2) is 46.9 Å². The van der Waals surface area contributed by atoms with Crippen LogP contribution < -0.4 is 5.32 Å². The van der Waals surface area contributed by atoms with Crippen molar-refractivity contribution in [1.82, 2.24) is 20.1 Å². The molecule has 0 atom stereocenters. The van der Waals surface area contributed by atoms with Crippen LogP contribution in [0.2, 0.25) is 0 Å². The number of aryl methyl sites for hydroxylation is 1. The van der Waals surface area contributed by atoms with Crippen molar-refractivity contribution in [2.75, 3.05) is 5.75 Å². The van der Waals surface area contributed by atoms with Gasteiger partial charge in [-0.25, -0.2) is 0 Å². The Bertz CT molecular complexity index is 827. The Balaban J connectivity index is 1.60. The number of rotatable bonds is 6. The van der Waals surface area contributed by atoms with Crippen molar-refractivity contribution in [1.29, 1.82) is 0 Å². The molecule has 3 rings (SSSR count). The number of carbonyl (C=O) groups excluding carboxylic acids is 1. The summed E-state index contributed by atoms with van der Waals surface area (Å²) in [7, 11) is 1.92. The molecule has 0 bridgehead atoms. The van der Waals surface area contributed by atoms with Crippen LogP contribution in [-0.4, -0.2) is 26.4 Å². The number of benzene rings is 1. The molecule has 24 heavy (non-hydrogen) atoms. The summed E-state index contributed by atoms with van der Waals surface area (Å²) >= 11 is 3.03. The summed E-state index contributed by atoms with van der Waals surface area (Å²) in [6, 6.07) is 12.1. The highest BCUT2D eigenvalue weighted by Crippen LogP contribution is 2.24. The fraction of sp³-hybridized carbons (Fsp3) is 0.235. The Morgan fingerprint density at radius 1 is 1.25 bits per heavy atom. The fourth-order valence-corrected chi connectivity index (χ4v) is 3.66. The molecule has 0 radical (unpaired) electrons. The van der Waals surface area contributed by atoms with E-state index in [1.54, 1.807) is 11.3 Å². The minimum atomic E-state index is -0.00570. The molecule has 0 saturated carbocycles. The topological polar surface area (TPSA) is 59.8 Å². The molecule has 1 N–H and O–H groups in total. The predicted molar refractivity (Wildman–Crippen MR) is 98.1 cm³/mol. The molecule has 7 heteroatoms. The van der Waals surface area contributed by atoms with Crippen molar-refractivity contribution < 1.29 is 4.79 Å². The third-order valence-corrected chi connectivity index (χ3v) is 5.49. The maximum Gasteiger partial charge on any atom is 0.230 e. The summed E-state index contributed by atoms with van der Waals surface area (Å²) < 4.78 is 1.93. The first kappa shape index (κ1) is 16.7. The first-order valence-electron chi connectivity index (χ1n) is 7.52. The highest BCUT2D eigenvalue weighted by atomic mass is 32.2. The number of thioether (sulfide) groups is 1. The van der Waals surface area contributed by atoms with Gasteiger partial charge in [0.25, 0.3) is 0 Å². The lowest BCUT2D eigenvalue weighted by molar-refractivity contribution is -0.118. The molecular weight excluding hydrogens is 340 g/mol. The lowest BCUT2D eigenvalue weighted by Crippen LogP contribution is -2.24. The Hall–Kier alpha value is -2.12. The van der Waals surface area contributed by atoms with E-state index in [2.05, 4.69) is 28.5 Å². The molecule has 0 unspecified atom stereocenters. The quantitative estimate of drug-likeness (QED) is 0.687. The van der Waals surface area contributed by atoms with Gasteiger partial charge in [0.05, 0.1) is 12.3 Å². The van der Waals surface area contributed by atoms with E-state index in [1.807, 2.05) is 47.3 Å². The first-order chi connectivity index (χ1) is 11.6. The third kappa shape index (κ3) is 3.85. The maximum atomic E-state index is 12.0. The Morgan fingerprint density at radius 3 is 2.83 bits per heavy atom. The van der Waals surface area contributed by atoms with Gasteiger partial charge in [-0.15, -0.1) is 21.5 Å². The number of hydrogen-bond acceptors (Lipinski definition) is 5. The van der Waals surface area contributed by atoms with Crippen molar-refractivity contribution in [3.8, 4) is 11.4 Å². The predicted octanol–water partition coefficient (Wildman–Crippen LogP) is 3.26. The fourth-order valence-electron chi connectivity index (χ4n) is 2.28. The number of nitrogens with one attached hydrogen (secondary N) is 1. The second-order valence-electron chi connectivity index (χ2n) is 5.32. The number of nitrogens with zero attached hydrogens (tertiary/aromatic N) is 3. The average molecular weight is 358 g/mol. The van der Waals surface area contributed by atoms with Gasteiger partial charge >= 0.3 is 0 Å². The highest BCUT2D eigenvalue weighted by Gasteiger charge is 2.14. The van der Waals surface area contributed by atoms with Gasteiger partial charge in [0.2, 0.25) is 5.91 Å². The largest absolute Gasteiger partial charge is 0.350 e. The number of amides is 1. The molecule has 3 aromatic rings. The Morgan fingerprint density at radius 2 is 2.08 bits per heavy atom. The third-order valence-electron chi connectivity index (χ3n) is 3.59. The standard InChI is InChI=1S/C17H18N4OS2/c1-12-6-3-4-8-14(12)16-19-20-17(21(16)2)24-11-15(22)18-10-13-7-5-9-23-13/h3-9H,10-11H2,1-2H3,(H,18,22). The Kier molecular flexibility index (Phi) is 5.32. The van der Waals surface area contributed by atoms with E-state index in [1.165, 1.54) is 11.8 Å². The highest BCUT2D eigenvalue weighted by molar-refractivity contribution is 7.99. The van der Waals surface area contributed by atoms with Gasteiger partial charge in [-0.1, -0.05) is 42.1 Å². The minimum Gasteiger partial charge on any atom is -0.350 e. The maximum absolute atomic E-state index is 12.0. The van der Waals surface area contributed by atoms with Crippen LogP contribution in [0.25, 0.3) is 11.4 Å². The van der Waals surface area contributed by atoms with Gasteiger partial charge in [-0.2, -0.15) is 0 Å². The minimum absolute atomic E-state index is 0.00570. The molecular formula is C17H18N4OS2. The molecule has 2 aromatic heterocycles. The number of carbonyl (C=O) groups is 1. The van der Waals surface area contributed by atoms with E-state index < -0.39 is 0 Å². The summed E-state index contributed by atoms with van der Waals surface area (Å²) in [5.74, 6) is 1.13. The molecule has 0 aliphatic carbocycles. The molecule has 0 aliphatic heterocycles. The molecule has 2 heterocycles. The molecule has 124 valence electrons. The molecule has 0 saturated heterocycles. The Labute approximate surface area is 149 Å². The van der Waals surface area contributed by atoms with Gasteiger partial charge < -0.3 is 9.88 Å². The summed E-state index contributed by atoms with van der Waals surface area (Å²) in [6.07, 6.45) is 0. The van der Waals surface area contributed by atoms with E-state index in [4.69, 9.17) is 0 Å². The van der Waals surface area contributed by atoms with Crippen LogP contribution in [0.3, 0.4) is 0 Å². The van der Waals surface area contributed by atoms with Crippen LogP contribution in [0.4, 0.5) is 0 Å². The number of hydrogen-bond donors (Lipinski definition) is 1. The summed E-state index contributed by atoms with van der Waals surface area (Å²) in [6.45, 7) is 2.62. The monoisotopic (exact) mass is 358 g/mol. The van der Waals surface area contributed by atoms with E-state index in [9.17, 15) is 4.79 Å². The average Bonchev–Trinajstić information content (AvgIpc) is 3.22. The number of aromatic nitrogens is 3. The zero-order valence-corrected chi connectivity index (χ0v) is 15.2. The van der Waals surface area contributed by atoms with Crippen LogP contribution >= 0.6 is 23.1 Å². The van der Waals surface area contributed by atoms with E-state index in [0.29, 0.717) is 12.3 Å². The van der Waals surface area contributed by atoms with Crippen molar-refractivity contribution in [3.63, 3.8) is 0 Å². The zero-order valence-electron chi connectivity index (χ0n) is 13.5. The second-order valence-corrected chi connectivity index (χ2v) is 7.30. The van der Waals surface area contributed by atoms with Crippen LogP contribution in [0.5, 0.6) is 0 Å². The summed E-state index contributed by atoms with van der Waals surface area (Å²) in [4.78, 5) is 13.1. The van der Waals surface area contributed by atoms with Crippen molar-refractivity contribution >= 4 is 29.0 Å². The lowest BCUT2D eigenvalue weighted by atomic mass is 10.1. The van der Waals surface area contributed by atoms with Crippen molar-refractivity contribution in [2.24, 2.45) is 7.05 Å². The van der Waals surface area contributed by atoms with Gasteiger partial charge in [-0.3, -0.25) is 4.79 Å². The second kappa shape index (κ2) is 7.63. The van der Waals surface area contributed by atoms with E-state index in [-0.39, 0.29) is 5.91 Å². The van der Waals surface area contributed by atoms with Gasteiger partial charge in [-0.05, 0) is 23.9 Å². The molecule has 0 aliphatic rings. The van der Waals surface area contributed by atoms with Gasteiger partial charge in [0.15, 0.2) is 11.0 Å². The number of thiophene rings is 1. The lowest BCUT2D eigenvalue weighted by Gasteiger charge is -2.06. The zero-order chi connectivity index (χ0) is 16.9. The van der Waals surface area contributed by atoms with Gasteiger partial charge in [0.1, 0.15) is 0 Å². The van der Waals surface area contributed by atoms with Crippen molar-refractivity contribution in [2.45, 2.75) is 18.6 Å². The van der Waals surface area contributed by atoms with Crippen LogP contribution in [-0.2, 0) is 18.4 Å². The van der Waals surface area contributed by atoms with Gasteiger partial charge in [0, 0.05) is 17.5 Å². The van der Waals surface area contributed by atoms with Crippen molar-refractivity contribution in [3.05, 3.63) is 52.2 Å². The first-order valence-corrected chi connectivity index (χ1v) is 9.39. The summed E-state index contributed by atoms with van der Waals surface area (Å²) in [5.41, 5.74) is 2.21. The summed E-state index contributed by atoms with van der Waals surface area (Å²) in [5, 5.41) is 14.1. The molecule has 1 aromatic carbocycles. The molecule has 1 amide bonds. The smallest absolute Gasteiger partial charge is 0.230 e. The van der Waals surface area contributed by atoms with E-state index >= 15 is 0 Å². The normalized spacial score (nSPS) is 10.8. The van der Waals surface area contributed by atoms with E-state index in [0.717, 1.165) is 27.0 Å². The molecule has 0 fully saturated rings. The van der Waals surface area contributed by atoms with Crippen LogP contribution in [0, 0.1) is 6.92 Å².